The van der Waals surface area contributed by atoms with Gasteiger partial charge in [-0.25, -0.2) is 0 Å². The second-order valence-electron chi connectivity index (χ2n) is 4.80. The van der Waals surface area contributed by atoms with Crippen molar-refractivity contribution in [3.8, 4) is 0 Å². The first-order chi connectivity index (χ1) is 6.58. The molecule has 14 heavy (non-hydrogen) atoms. The molecule has 0 amide bonds. The molecular weight excluding hydrogens is 210 g/mol. The third-order valence-electron chi connectivity index (χ3n) is 2.29. The Hall–Kier alpha value is 0.660. The van der Waals surface area contributed by atoms with Gasteiger partial charge < -0.3 is 5.32 Å². The Morgan fingerprint density at radius 1 is 1.29 bits per heavy atom. The second kappa shape index (κ2) is 6.29. The van der Waals surface area contributed by atoms with E-state index in [-0.39, 0.29) is 0 Å². The quantitative estimate of drug-likeness (QED) is 0.750. The Balaban J connectivity index is 1.97. The summed E-state index contributed by atoms with van der Waals surface area (Å²) < 4.78 is 0.421. The first kappa shape index (κ1) is 12.7. The number of hydrogen-bond donors (Lipinski definition) is 1. The van der Waals surface area contributed by atoms with Crippen LogP contribution in [0.2, 0.25) is 0 Å². The van der Waals surface area contributed by atoms with E-state index >= 15 is 0 Å². The maximum absolute atomic E-state index is 3.66. The van der Waals surface area contributed by atoms with E-state index in [1.807, 2.05) is 0 Å². The Morgan fingerprint density at radius 3 is 2.50 bits per heavy atom. The van der Waals surface area contributed by atoms with Gasteiger partial charge in [-0.15, -0.1) is 0 Å². The van der Waals surface area contributed by atoms with Crippen molar-refractivity contribution in [3.05, 3.63) is 0 Å². The van der Waals surface area contributed by atoms with Crippen LogP contribution in [0.5, 0.6) is 0 Å². The van der Waals surface area contributed by atoms with E-state index in [2.05, 4.69) is 49.6 Å². The Bertz CT molecular complexity index is 148. The predicted octanol–water partition coefficient (Wildman–Crippen LogP) is 3.00. The summed E-state index contributed by atoms with van der Waals surface area (Å²) in [7, 11) is 0. The van der Waals surface area contributed by atoms with Gasteiger partial charge in [0.05, 0.1) is 0 Å². The molecule has 1 aliphatic rings. The van der Waals surface area contributed by atoms with Crippen LogP contribution in [-0.2, 0) is 0 Å². The lowest BCUT2D eigenvalue weighted by atomic mass is 10.1. The fourth-order valence-electron chi connectivity index (χ4n) is 1.52. The molecule has 84 valence electrons. The smallest absolute Gasteiger partial charge is 0.00831 e. The number of hydrogen-bond acceptors (Lipinski definition) is 3. The molecule has 1 heterocycles. The summed E-state index contributed by atoms with van der Waals surface area (Å²) in [6.45, 7) is 8.04. The molecule has 3 heteroatoms. The Kier molecular flexibility index (Phi) is 5.72. The highest BCUT2D eigenvalue weighted by molar-refractivity contribution is 8.00. The predicted molar refractivity (Wildman–Crippen MR) is 70.6 cm³/mol. The van der Waals surface area contributed by atoms with E-state index in [1.54, 1.807) is 0 Å². The van der Waals surface area contributed by atoms with E-state index in [0.717, 1.165) is 6.04 Å². The van der Waals surface area contributed by atoms with Crippen LogP contribution in [0.4, 0.5) is 0 Å². The fraction of sp³-hybridized carbons (Fsp3) is 1.00. The molecule has 1 fully saturated rings. The summed E-state index contributed by atoms with van der Waals surface area (Å²) in [5, 5.41) is 3.66. The summed E-state index contributed by atoms with van der Waals surface area (Å²) in [6.07, 6.45) is 2.73. The average Bonchev–Trinajstić information content (AvgIpc) is 2.13. The first-order valence-corrected chi connectivity index (χ1v) is 7.67. The largest absolute Gasteiger partial charge is 0.313 e. The zero-order valence-corrected chi connectivity index (χ0v) is 11.3. The molecule has 0 aromatic rings. The van der Waals surface area contributed by atoms with Crippen molar-refractivity contribution in [1.29, 1.82) is 0 Å². The van der Waals surface area contributed by atoms with Crippen molar-refractivity contribution in [3.63, 3.8) is 0 Å². The van der Waals surface area contributed by atoms with Crippen molar-refractivity contribution in [2.75, 3.05) is 23.8 Å². The van der Waals surface area contributed by atoms with Crippen LogP contribution in [0.1, 0.15) is 33.6 Å². The average molecular weight is 233 g/mol. The molecule has 0 spiro atoms. The molecule has 0 aromatic heterocycles. The van der Waals surface area contributed by atoms with Gasteiger partial charge in [-0.2, -0.15) is 23.5 Å². The summed E-state index contributed by atoms with van der Waals surface area (Å²) in [4.78, 5) is 0. The fourth-order valence-corrected chi connectivity index (χ4v) is 3.46. The van der Waals surface area contributed by atoms with Gasteiger partial charge in [0.15, 0.2) is 0 Å². The molecule has 0 radical (unpaired) electrons. The van der Waals surface area contributed by atoms with Gasteiger partial charge in [0.2, 0.25) is 0 Å². The van der Waals surface area contributed by atoms with Crippen LogP contribution in [0.25, 0.3) is 0 Å². The normalized spacial score (nSPS) is 19.9. The molecule has 0 aliphatic carbocycles. The van der Waals surface area contributed by atoms with Crippen LogP contribution in [0, 0.1) is 0 Å². The van der Waals surface area contributed by atoms with Crippen molar-refractivity contribution in [2.45, 2.75) is 44.4 Å². The Morgan fingerprint density at radius 2 is 1.93 bits per heavy atom. The highest BCUT2D eigenvalue weighted by atomic mass is 32.2. The number of rotatable bonds is 4. The van der Waals surface area contributed by atoms with Gasteiger partial charge in [0, 0.05) is 23.1 Å². The third kappa shape index (κ3) is 6.20. The van der Waals surface area contributed by atoms with E-state index < -0.39 is 0 Å². The molecule has 1 aliphatic heterocycles. The van der Waals surface area contributed by atoms with Gasteiger partial charge in [-0.1, -0.05) is 20.8 Å². The minimum atomic E-state index is 0.421. The van der Waals surface area contributed by atoms with Crippen LogP contribution in [-0.4, -0.2) is 34.6 Å². The summed E-state index contributed by atoms with van der Waals surface area (Å²) >= 11 is 4.15. The number of thioether (sulfide) groups is 2. The molecule has 0 aromatic carbocycles. The maximum Gasteiger partial charge on any atom is 0.00831 e. The molecular formula is C11H23NS2. The summed E-state index contributed by atoms with van der Waals surface area (Å²) in [5.41, 5.74) is 0. The van der Waals surface area contributed by atoms with Gasteiger partial charge in [-0.3, -0.25) is 0 Å². The molecule has 0 saturated carbocycles. The SMILES string of the molecule is CC(C)(C)SCCNC1CCSCC1. The second-order valence-corrected chi connectivity index (χ2v) is 7.95. The van der Waals surface area contributed by atoms with E-state index in [4.69, 9.17) is 0 Å². The van der Waals surface area contributed by atoms with Crippen molar-refractivity contribution < 1.29 is 0 Å². The van der Waals surface area contributed by atoms with Crippen LogP contribution < -0.4 is 5.32 Å². The first-order valence-electron chi connectivity index (χ1n) is 5.53. The summed E-state index contributed by atoms with van der Waals surface area (Å²) in [5.74, 6) is 3.95. The monoisotopic (exact) mass is 233 g/mol. The van der Waals surface area contributed by atoms with Crippen LogP contribution in [0.15, 0.2) is 0 Å². The third-order valence-corrected chi connectivity index (χ3v) is 4.61. The molecule has 0 atom stereocenters. The standard InChI is InChI=1S/C11H23NS2/c1-11(2,3)14-9-6-12-10-4-7-13-8-5-10/h10,12H,4-9H2,1-3H3. The van der Waals surface area contributed by atoms with Crippen LogP contribution in [0.3, 0.4) is 0 Å². The van der Waals surface area contributed by atoms with Crippen LogP contribution >= 0.6 is 23.5 Å². The van der Waals surface area contributed by atoms with E-state index in [9.17, 15) is 0 Å². The van der Waals surface area contributed by atoms with E-state index in [1.165, 1.54) is 36.6 Å². The van der Waals surface area contributed by atoms with Crippen molar-refractivity contribution >= 4 is 23.5 Å². The lowest BCUT2D eigenvalue weighted by Crippen LogP contribution is -2.34. The minimum Gasteiger partial charge on any atom is -0.313 e. The molecule has 0 bridgehead atoms. The van der Waals surface area contributed by atoms with Gasteiger partial charge >= 0.3 is 0 Å². The lowest BCUT2D eigenvalue weighted by Gasteiger charge is -2.23. The minimum absolute atomic E-state index is 0.421. The topological polar surface area (TPSA) is 12.0 Å². The lowest BCUT2D eigenvalue weighted by molar-refractivity contribution is 0.499. The molecule has 1 saturated heterocycles. The highest BCUT2D eigenvalue weighted by Gasteiger charge is 2.13. The zero-order valence-electron chi connectivity index (χ0n) is 9.64. The van der Waals surface area contributed by atoms with Gasteiger partial charge in [0.25, 0.3) is 0 Å². The maximum atomic E-state index is 3.66. The molecule has 1 N–H and O–H groups in total. The molecule has 1 rings (SSSR count). The van der Waals surface area contributed by atoms with Gasteiger partial charge in [-0.05, 0) is 24.3 Å². The summed E-state index contributed by atoms with van der Waals surface area (Å²) in [6, 6.07) is 0.803. The van der Waals surface area contributed by atoms with Crippen molar-refractivity contribution in [2.24, 2.45) is 0 Å². The molecule has 1 nitrogen and oxygen atoms in total. The molecule has 0 unspecified atom stereocenters. The number of nitrogens with one attached hydrogen (secondary N) is 1. The zero-order chi connectivity index (χ0) is 10.4. The van der Waals surface area contributed by atoms with E-state index in [0.29, 0.717) is 4.75 Å². The Labute approximate surface area is 97.2 Å². The van der Waals surface area contributed by atoms with Gasteiger partial charge in [0.1, 0.15) is 0 Å². The highest BCUT2D eigenvalue weighted by Crippen LogP contribution is 2.22. The van der Waals surface area contributed by atoms with Crippen molar-refractivity contribution in [1.82, 2.24) is 5.32 Å².